The lowest BCUT2D eigenvalue weighted by molar-refractivity contribution is 0.100. The van der Waals surface area contributed by atoms with Crippen LogP contribution in [-0.4, -0.2) is 14.3 Å². The van der Waals surface area contributed by atoms with Crippen LogP contribution in [0.4, 0.5) is 5.69 Å². The van der Waals surface area contributed by atoms with Gasteiger partial charge < -0.3 is 4.42 Å². The van der Waals surface area contributed by atoms with E-state index >= 15 is 0 Å². The van der Waals surface area contributed by atoms with Gasteiger partial charge in [0.2, 0.25) is 0 Å². The standard InChI is InChI=1S/C25H23NO5S2/c1-14-8-6-7-9-20(14)24(27)26(19-10-11-21-22(13-19)32-25(28)31-21)33(29,30)23-17(4)15(2)12-16(3)18(23)5/h6-13H,1-5H3. The Morgan fingerprint density at radius 1 is 0.879 bits per heavy atom. The van der Waals surface area contributed by atoms with Gasteiger partial charge in [-0.3, -0.25) is 4.79 Å². The zero-order valence-corrected chi connectivity index (χ0v) is 20.6. The summed E-state index contributed by atoms with van der Waals surface area (Å²) in [6, 6.07) is 13.3. The first kappa shape index (κ1) is 22.9. The van der Waals surface area contributed by atoms with Gasteiger partial charge in [0, 0.05) is 5.56 Å². The molecule has 0 aliphatic carbocycles. The summed E-state index contributed by atoms with van der Waals surface area (Å²) in [5.41, 5.74) is 4.25. The van der Waals surface area contributed by atoms with Gasteiger partial charge in [0.25, 0.3) is 15.9 Å². The Labute approximate surface area is 196 Å². The fourth-order valence-corrected chi connectivity index (χ4v) is 6.62. The Morgan fingerprint density at radius 2 is 1.52 bits per heavy atom. The van der Waals surface area contributed by atoms with E-state index in [4.69, 9.17) is 4.42 Å². The number of sulfonamides is 1. The zero-order valence-electron chi connectivity index (χ0n) is 18.9. The van der Waals surface area contributed by atoms with E-state index in [0.29, 0.717) is 27.0 Å². The molecule has 0 atom stereocenters. The molecule has 6 nitrogen and oxygen atoms in total. The second-order valence-corrected chi connectivity index (χ2v) is 10.8. The molecule has 0 spiro atoms. The molecule has 4 aromatic rings. The highest BCUT2D eigenvalue weighted by atomic mass is 32.2. The van der Waals surface area contributed by atoms with Gasteiger partial charge in [0.1, 0.15) is 5.58 Å². The molecule has 170 valence electrons. The zero-order chi connectivity index (χ0) is 24.1. The minimum absolute atomic E-state index is 0.113. The van der Waals surface area contributed by atoms with Crippen LogP contribution in [0.5, 0.6) is 0 Å². The number of hydrogen-bond acceptors (Lipinski definition) is 6. The van der Waals surface area contributed by atoms with Crippen molar-refractivity contribution in [1.82, 2.24) is 0 Å². The Kier molecular flexibility index (Phi) is 5.76. The van der Waals surface area contributed by atoms with Crippen molar-refractivity contribution in [3.63, 3.8) is 0 Å². The lowest BCUT2D eigenvalue weighted by atomic mass is 10.0. The molecule has 0 aliphatic rings. The molecule has 0 radical (unpaired) electrons. The first-order valence-electron chi connectivity index (χ1n) is 10.3. The van der Waals surface area contributed by atoms with Gasteiger partial charge in [-0.2, -0.15) is 4.31 Å². The fourth-order valence-electron chi connectivity index (χ4n) is 3.93. The van der Waals surface area contributed by atoms with Crippen molar-refractivity contribution in [3.8, 4) is 0 Å². The average molecular weight is 482 g/mol. The molecule has 0 saturated heterocycles. The number of rotatable bonds is 4. The van der Waals surface area contributed by atoms with E-state index in [-0.39, 0.29) is 16.1 Å². The summed E-state index contributed by atoms with van der Waals surface area (Å²) in [5.74, 6) is -0.666. The summed E-state index contributed by atoms with van der Waals surface area (Å²) in [4.78, 5) is 25.1. The largest absolute Gasteiger partial charge is 0.414 e. The van der Waals surface area contributed by atoms with Crippen LogP contribution in [0, 0.1) is 34.6 Å². The van der Waals surface area contributed by atoms with E-state index in [1.165, 1.54) is 18.2 Å². The molecular formula is C25H23NO5S2. The van der Waals surface area contributed by atoms with Crippen molar-refractivity contribution in [1.29, 1.82) is 0 Å². The number of fused-ring (bicyclic) bond motifs is 1. The first-order chi connectivity index (χ1) is 15.5. The number of anilines is 1. The third-order valence-corrected chi connectivity index (χ3v) is 8.68. The van der Waals surface area contributed by atoms with Crippen molar-refractivity contribution >= 4 is 43.2 Å². The molecular weight excluding hydrogens is 458 g/mol. The maximum Gasteiger partial charge on any atom is 0.396 e. The monoisotopic (exact) mass is 481 g/mol. The lowest BCUT2D eigenvalue weighted by Gasteiger charge is -2.26. The molecule has 3 aromatic carbocycles. The topological polar surface area (TPSA) is 84.7 Å². The van der Waals surface area contributed by atoms with E-state index in [1.807, 2.05) is 19.9 Å². The number of nitrogens with zero attached hydrogens (tertiary/aromatic N) is 1. The quantitative estimate of drug-likeness (QED) is 0.388. The predicted molar refractivity (Wildman–Crippen MR) is 131 cm³/mol. The van der Waals surface area contributed by atoms with Gasteiger partial charge >= 0.3 is 4.94 Å². The van der Waals surface area contributed by atoms with E-state index < -0.39 is 20.9 Å². The third-order valence-electron chi connectivity index (χ3n) is 5.90. The second-order valence-electron chi connectivity index (χ2n) is 8.06. The highest BCUT2D eigenvalue weighted by Crippen LogP contribution is 2.34. The average Bonchev–Trinajstić information content (AvgIpc) is 3.12. The van der Waals surface area contributed by atoms with Crippen LogP contribution in [0.1, 0.15) is 38.2 Å². The van der Waals surface area contributed by atoms with Gasteiger partial charge in [-0.25, -0.2) is 13.2 Å². The Morgan fingerprint density at radius 3 is 2.15 bits per heavy atom. The molecule has 0 bridgehead atoms. The maximum atomic E-state index is 14.2. The van der Waals surface area contributed by atoms with Gasteiger partial charge in [-0.05, 0) is 86.7 Å². The smallest absolute Gasteiger partial charge is 0.396 e. The van der Waals surface area contributed by atoms with Crippen molar-refractivity contribution in [3.05, 3.63) is 91.6 Å². The molecule has 0 N–H and O–H groups in total. The van der Waals surface area contributed by atoms with Gasteiger partial charge in [0.15, 0.2) is 0 Å². The molecule has 0 fully saturated rings. The van der Waals surface area contributed by atoms with Crippen LogP contribution < -0.4 is 9.24 Å². The van der Waals surface area contributed by atoms with Crippen LogP contribution in [-0.2, 0) is 10.0 Å². The third kappa shape index (κ3) is 3.89. The summed E-state index contributed by atoms with van der Waals surface area (Å²) < 4.78 is 34.8. The summed E-state index contributed by atoms with van der Waals surface area (Å²) in [6.07, 6.45) is 0. The SMILES string of the molecule is Cc1ccccc1C(=O)N(c1ccc2oc(=O)sc2c1)S(=O)(=O)c1c(C)c(C)cc(C)c1C. The molecule has 1 aromatic heterocycles. The minimum Gasteiger partial charge on any atom is -0.414 e. The summed E-state index contributed by atoms with van der Waals surface area (Å²) in [7, 11) is -4.31. The van der Waals surface area contributed by atoms with Gasteiger partial charge in [-0.15, -0.1) is 0 Å². The number of carbonyl (C=O) groups is 1. The molecule has 0 aliphatic heterocycles. The first-order valence-corrected chi connectivity index (χ1v) is 12.5. The second kappa shape index (κ2) is 8.28. The highest BCUT2D eigenvalue weighted by molar-refractivity contribution is 7.93. The van der Waals surface area contributed by atoms with E-state index in [0.717, 1.165) is 26.8 Å². The molecule has 0 saturated carbocycles. The molecule has 8 heteroatoms. The number of aryl methyl sites for hydroxylation is 3. The van der Waals surface area contributed by atoms with Crippen molar-refractivity contribution in [2.24, 2.45) is 0 Å². The highest BCUT2D eigenvalue weighted by Gasteiger charge is 2.35. The van der Waals surface area contributed by atoms with Gasteiger partial charge in [0.05, 0.1) is 15.3 Å². The van der Waals surface area contributed by atoms with E-state index in [2.05, 4.69) is 0 Å². The van der Waals surface area contributed by atoms with E-state index in [9.17, 15) is 18.0 Å². The molecule has 0 unspecified atom stereocenters. The molecule has 4 rings (SSSR count). The number of amides is 1. The van der Waals surface area contributed by atoms with Crippen molar-refractivity contribution < 1.29 is 17.6 Å². The predicted octanol–water partition coefficient (Wildman–Crippen LogP) is 5.43. The number of benzene rings is 3. The fraction of sp³-hybridized carbons (Fsp3) is 0.200. The number of hydrogen-bond donors (Lipinski definition) is 0. The Balaban J connectivity index is 2.03. The summed E-state index contributed by atoms with van der Waals surface area (Å²) in [6.45, 7) is 8.95. The number of carbonyl (C=O) groups excluding carboxylic acids is 1. The Bertz CT molecular complexity index is 1550. The summed E-state index contributed by atoms with van der Waals surface area (Å²) >= 11 is 0.857. The molecule has 33 heavy (non-hydrogen) atoms. The van der Waals surface area contributed by atoms with Crippen LogP contribution in [0.2, 0.25) is 0 Å². The lowest BCUT2D eigenvalue weighted by Crippen LogP contribution is -2.38. The van der Waals surface area contributed by atoms with Crippen molar-refractivity contribution in [2.45, 2.75) is 39.5 Å². The molecule has 1 heterocycles. The van der Waals surface area contributed by atoms with Crippen LogP contribution in [0.25, 0.3) is 10.3 Å². The summed E-state index contributed by atoms with van der Waals surface area (Å²) in [5, 5.41) is 0. The molecule has 1 amide bonds. The minimum atomic E-state index is -4.31. The van der Waals surface area contributed by atoms with E-state index in [1.54, 1.807) is 45.0 Å². The van der Waals surface area contributed by atoms with Gasteiger partial charge in [-0.1, -0.05) is 35.6 Å². The Hall–Kier alpha value is -3.23. The van der Waals surface area contributed by atoms with Crippen LogP contribution in [0.3, 0.4) is 0 Å². The van der Waals surface area contributed by atoms with Crippen LogP contribution in [0.15, 0.2) is 62.6 Å². The van der Waals surface area contributed by atoms with Crippen LogP contribution >= 0.6 is 11.3 Å². The normalized spacial score (nSPS) is 11.7. The maximum absolute atomic E-state index is 14.2. The van der Waals surface area contributed by atoms with Crippen molar-refractivity contribution in [2.75, 3.05) is 4.31 Å².